The summed E-state index contributed by atoms with van der Waals surface area (Å²) in [5.41, 5.74) is 3.07. The highest BCUT2D eigenvalue weighted by atomic mass is 15.3. The Bertz CT molecular complexity index is 549. The lowest BCUT2D eigenvalue weighted by Crippen LogP contribution is -2.32. The Morgan fingerprint density at radius 3 is 2.65 bits per heavy atom. The molecule has 1 aromatic carbocycles. The van der Waals surface area contributed by atoms with Gasteiger partial charge in [-0.1, -0.05) is 44.2 Å². The van der Waals surface area contributed by atoms with Crippen molar-refractivity contribution in [3.63, 3.8) is 0 Å². The van der Waals surface area contributed by atoms with Crippen LogP contribution in [0.15, 0.2) is 30.3 Å². The van der Waals surface area contributed by atoms with Crippen molar-refractivity contribution in [1.29, 1.82) is 0 Å². The maximum absolute atomic E-state index is 4.30. The van der Waals surface area contributed by atoms with Crippen molar-refractivity contribution < 1.29 is 0 Å². The summed E-state index contributed by atoms with van der Waals surface area (Å²) in [4.78, 5) is 0. The molecule has 0 amide bonds. The van der Waals surface area contributed by atoms with Crippen LogP contribution in [0.3, 0.4) is 0 Å². The van der Waals surface area contributed by atoms with Gasteiger partial charge in [0.1, 0.15) is 11.4 Å². The van der Waals surface area contributed by atoms with E-state index in [1.54, 1.807) is 0 Å². The molecule has 4 nitrogen and oxygen atoms in total. The number of H-pyrrole nitrogens is 1. The fourth-order valence-electron chi connectivity index (χ4n) is 3.08. The number of nitrogens with zero attached hydrogens (tertiary/aromatic N) is 2. The van der Waals surface area contributed by atoms with Crippen molar-refractivity contribution in [2.75, 3.05) is 0 Å². The molecule has 1 aromatic heterocycles. The molecular weight excluding hydrogens is 248 g/mol. The summed E-state index contributed by atoms with van der Waals surface area (Å²) in [5.74, 6) is 1.56. The topological polar surface area (TPSA) is 53.6 Å². The first kappa shape index (κ1) is 13.3. The zero-order chi connectivity index (χ0) is 13.9. The first-order valence-electron chi connectivity index (χ1n) is 7.44. The molecule has 3 unspecified atom stereocenters. The van der Waals surface area contributed by atoms with Crippen LogP contribution >= 0.6 is 0 Å². The molecule has 0 saturated heterocycles. The molecule has 2 N–H and O–H groups in total. The Morgan fingerprint density at radius 1 is 1.15 bits per heavy atom. The number of aromatic nitrogens is 3. The van der Waals surface area contributed by atoms with Gasteiger partial charge in [-0.15, -0.1) is 0 Å². The van der Waals surface area contributed by atoms with E-state index in [0.29, 0.717) is 6.04 Å². The molecule has 4 heteroatoms. The van der Waals surface area contributed by atoms with Crippen LogP contribution in [-0.4, -0.2) is 21.5 Å². The van der Waals surface area contributed by atoms with E-state index in [2.05, 4.69) is 46.7 Å². The molecule has 1 heterocycles. The summed E-state index contributed by atoms with van der Waals surface area (Å²) < 4.78 is 0. The molecule has 106 valence electrons. The quantitative estimate of drug-likeness (QED) is 0.898. The van der Waals surface area contributed by atoms with Gasteiger partial charge < -0.3 is 5.32 Å². The van der Waals surface area contributed by atoms with Crippen LogP contribution in [0.25, 0.3) is 11.3 Å². The predicted molar refractivity (Wildman–Crippen MR) is 80.0 cm³/mol. The molecule has 1 aliphatic carbocycles. The predicted octanol–water partition coefficient (Wildman–Crippen LogP) is 3.00. The fourth-order valence-corrected chi connectivity index (χ4v) is 3.08. The van der Waals surface area contributed by atoms with E-state index in [-0.39, 0.29) is 0 Å². The zero-order valence-electron chi connectivity index (χ0n) is 12.1. The van der Waals surface area contributed by atoms with Crippen LogP contribution in [0.4, 0.5) is 0 Å². The highest BCUT2D eigenvalue weighted by molar-refractivity contribution is 5.60. The highest BCUT2D eigenvalue weighted by Gasteiger charge is 2.29. The van der Waals surface area contributed by atoms with Gasteiger partial charge in [0.05, 0.1) is 0 Å². The average molecular weight is 270 g/mol. The van der Waals surface area contributed by atoms with Gasteiger partial charge in [0.25, 0.3) is 0 Å². The van der Waals surface area contributed by atoms with Crippen LogP contribution in [0, 0.1) is 11.8 Å². The second kappa shape index (κ2) is 5.75. The minimum atomic E-state index is 0.602. The van der Waals surface area contributed by atoms with Crippen LogP contribution in [0.5, 0.6) is 0 Å². The van der Waals surface area contributed by atoms with E-state index in [1.807, 2.05) is 18.2 Å². The molecule has 20 heavy (non-hydrogen) atoms. The number of aromatic amines is 1. The SMILES string of the molecule is CC1CCC(NCc2n[nH]nc2-c2ccccc2)C1C. The summed E-state index contributed by atoms with van der Waals surface area (Å²) in [6.45, 7) is 5.47. The van der Waals surface area contributed by atoms with Crippen molar-refractivity contribution in [3.05, 3.63) is 36.0 Å². The maximum atomic E-state index is 4.30. The zero-order valence-corrected chi connectivity index (χ0v) is 12.1. The number of benzene rings is 1. The summed E-state index contributed by atoms with van der Waals surface area (Å²) in [6, 6.07) is 10.8. The van der Waals surface area contributed by atoms with Crippen LogP contribution in [0.1, 0.15) is 32.4 Å². The standard InChI is InChI=1S/C16H22N4/c1-11-8-9-14(12(11)2)17-10-15-16(19-20-18-15)13-6-4-3-5-7-13/h3-7,11-12,14,17H,8-10H2,1-2H3,(H,18,19,20). The molecule has 1 saturated carbocycles. The summed E-state index contributed by atoms with van der Waals surface area (Å²) in [6.07, 6.45) is 2.59. The average Bonchev–Trinajstić information content (AvgIpc) is 3.07. The number of hydrogen-bond acceptors (Lipinski definition) is 3. The Balaban J connectivity index is 1.69. The Morgan fingerprint density at radius 2 is 1.95 bits per heavy atom. The van der Waals surface area contributed by atoms with Gasteiger partial charge in [-0.25, -0.2) is 0 Å². The molecule has 0 radical (unpaired) electrons. The molecular formula is C16H22N4. The molecule has 2 aromatic rings. The fraction of sp³-hybridized carbons (Fsp3) is 0.500. The monoisotopic (exact) mass is 270 g/mol. The second-order valence-corrected chi connectivity index (χ2v) is 5.89. The third-order valence-corrected chi connectivity index (χ3v) is 4.66. The van der Waals surface area contributed by atoms with Crippen molar-refractivity contribution in [3.8, 4) is 11.3 Å². The van der Waals surface area contributed by atoms with Gasteiger partial charge in [-0.05, 0) is 24.7 Å². The largest absolute Gasteiger partial charge is 0.308 e. The Labute approximate surface area is 120 Å². The molecule has 1 fully saturated rings. The second-order valence-electron chi connectivity index (χ2n) is 5.89. The van der Waals surface area contributed by atoms with Crippen molar-refractivity contribution >= 4 is 0 Å². The van der Waals surface area contributed by atoms with Gasteiger partial charge in [0, 0.05) is 18.2 Å². The van der Waals surface area contributed by atoms with E-state index in [4.69, 9.17) is 0 Å². The van der Waals surface area contributed by atoms with Gasteiger partial charge in [-0.2, -0.15) is 15.4 Å². The number of rotatable bonds is 4. The van der Waals surface area contributed by atoms with Crippen molar-refractivity contribution in [1.82, 2.24) is 20.7 Å². The molecule has 0 aliphatic heterocycles. The van der Waals surface area contributed by atoms with Crippen molar-refractivity contribution in [2.24, 2.45) is 11.8 Å². The lowest BCUT2D eigenvalue weighted by atomic mass is 9.98. The van der Waals surface area contributed by atoms with Crippen molar-refractivity contribution in [2.45, 2.75) is 39.3 Å². The summed E-state index contributed by atoms with van der Waals surface area (Å²) >= 11 is 0. The molecule has 0 bridgehead atoms. The van der Waals surface area contributed by atoms with Gasteiger partial charge >= 0.3 is 0 Å². The van der Waals surface area contributed by atoms with Crippen LogP contribution in [0.2, 0.25) is 0 Å². The van der Waals surface area contributed by atoms with E-state index >= 15 is 0 Å². The van der Waals surface area contributed by atoms with E-state index in [0.717, 1.165) is 35.3 Å². The third kappa shape index (κ3) is 2.61. The van der Waals surface area contributed by atoms with Crippen LogP contribution in [-0.2, 0) is 6.54 Å². The highest BCUT2D eigenvalue weighted by Crippen LogP contribution is 2.31. The van der Waals surface area contributed by atoms with Gasteiger partial charge in [-0.3, -0.25) is 0 Å². The Kier molecular flexibility index (Phi) is 3.83. The number of hydrogen-bond donors (Lipinski definition) is 2. The number of nitrogens with one attached hydrogen (secondary N) is 2. The first-order valence-corrected chi connectivity index (χ1v) is 7.44. The molecule has 3 rings (SSSR count). The molecule has 3 atom stereocenters. The molecule has 1 aliphatic rings. The minimum absolute atomic E-state index is 0.602. The minimum Gasteiger partial charge on any atom is -0.308 e. The summed E-state index contributed by atoms with van der Waals surface area (Å²) in [5, 5.41) is 15.0. The third-order valence-electron chi connectivity index (χ3n) is 4.66. The van der Waals surface area contributed by atoms with Crippen LogP contribution < -0.4 is 5.32 Å². The molecule has 0 spiro atoms. The maximum Gasteiger partial charge on any atom is 0.117 e. The van der Waals surface area contributed by atoms with Gasteiger partial charge in [0.2, 0.25) is 0 Å². The first-order chi connectivity index (χ1) is 9.75. The summed E-state index contributed by atoms with van der Waals surface area (Å²) in [7, 11) is 0. The smallest absolute Gasteiger partial charge is 0.117 e. The van der Waals surface area contributed by atoms with E-state index < -0.39 is 0 Å². The van der Waals surface area contributed by atoms with E-state index in [1.165, 1.54) is 12.8 Å². The van der Waals surface area contributed by atoms with E-state index in [9.17, 15) is 0 Å². The Hall–Kier alpha value is -1.68. The lowest BCUT2D eigenvalue weighted by Gasteiger charge is -2.19. The van der Waals surface area contributed by atoms with Gasteiger partial charge in [0.15, 0.2) is 0 Å². The lowest BCUT2D eigenvalue weighted by molar-refractivity contribution is 0.368. The normalized spacial score (nSPS) is 26.0.